The number of hydrogen-bond donors (Lipinski definition) is 1. The smallest absolute Gasteiger partial charge is 0.0271 e. The van der Waals surface area contributed by atoms with Crippen LogP contribution in [-0.4, -0.2) is 23.0 Å². The van der Waals surface area contributed by atoms with Crippen LogP contribution in [0, 0.1) is 0 Å². The molecule has 21 heavy (non-hydrogen) atoms. The Bertz CT molecular complexity index is 525. The van der Waals surface area contributed by atoms with Crippen molar-refractivity contribution in [2.24, 2.45) is 0 Å². The zero-order chi connectivity index (χ0) is 14.9. The normalized spacial score (nSPS) is 11.0. The Labute approximate surface area is 128 Å². The SMILES string of the molecule is CCNCc1ccccc1CN(CC)Cc1ccncc1. The van der Waals surface area contributed by atoms with Gasteiger partial charge in [-0.05, 0) is 41.9 Å². The maximum atomic E-state index is 4.08. The Kier molecular flexibility index (Phi) is 6.38. The quantitative estimate of drug-likeness (QED) is 0.806. The molecule has 0 aliphatic rings. The Hall–Kier alpha value is -1.71. The summed E-state index contributed by atoms with van der Waals surface area (Å²) >= 11 is 0. The Balaban J connectivity index is 2.04. The van der Waals surface area contributed by atoms with Crippen LogP contribution in [0.2, 0.25) is 0 Å². The van der Waals surface area contributed by atoms with E-state index >= 15 is 0 Å². The maximum absolute atomic E-state index is 4.08. The summed E-state index contributed by atoms with van der Waals surface area (Å²) < 4.78 is 0. The van der Waals surface area contributed by atoms with Crippen molar-refractivity contribution in [2.45, 2.75) is 33.5 Å². The monoisotopic (exact) mass is 283 g/mol. The van der Waals surface area contributed by atoms with Crippen LogP contribution < -0.4 is 5.32 Å². The van der Waals surface area contributed by atoms with Crippen molar-refractivity contribution in [2.75, 3.05) is 13.1 Å². The summed E-state index contributed by atoms with van der Waals surface area (Å²) in [7, 11) is 0. The third-order valence-corrected chi connectivity index (χ3v) is 3.68. The molecule has 1 heterocycles. The standard InChI is InChI=1S/C18H25N3/c1-3-19-13-17-7-5-6-8-18(17)15-21(4-2)14-16-9-11-20-12-10-16/h5-12,19H,3-4,13-15H2,1-2H3. The van der Waals surface area contributed by atoms with Gasteiger partial charge in [0, 0.05) is 32.0 Å². The van der Waals surface area contributed by atoms with E-state index in [0.717, 1.165) is 32.7 Å². The van der Waals surface area contributed by atoms with Crippen molar-refractivity contribution >= 4 is 0 Å². The van der Waals surface area contributed by atoms with Gasteiger partial charge >= 0.3 is 0 Å². The van der Waals surface area contributed by atoms with E-state index in [1.165, 1.54) is 16.7 Å². The molecule has 1 aromatic carbocycles. The van der Waals surface area contributed by atoms with Gasteiger partial charge < -0.3 is 5.32 Å². The van der Waals surface area contributed by atoms with Crippen LogP contribution >= 0.6 is 0 Å². The molecule has 0 radical (unpaired) electrons. The van der Waals surface area contributed by atoms with Crippen LogP contribution in [0.5, 0.6) is 0 Å². The highest BCUT2D eigenvalue weighted by atomic mass is 15.1. The lowest BCUT2D eigenvalue weighted by atomic mass is 10.1. The Morgan fingerprint density at radius 3 is 2.33 bits per heavy atom. The second-order valence-corrected chi connectivity index (χ2v) is 5.21. The molecule has 3 nitrogen and oxygen atoms in total. The van der Waals surface area contributed by atoms with Crippen molar-refractivity contribution in [1.82, 2.24) is 15.2 Å². The molecule has 0 unspecified atom stereocenters. The average molecular weight is 283 g/mol. The van der Waals surface area contributed by atoms with Gasteiger partial charge in [0.1, 0.15) is 0 Å². The van der Waals surface area contributed by atoms with Crippen molar-refractivity contribution < 1.29 is 0 Å². The highest BCUT2D eigenvalue weighted by molar-refractivity contribution is 5.27. The molecule has 0 aliphatic carbocycles. The minimum atomic E-state index is 0.944. The van der Waals surface area contributed by atoms with E-state index in [1.807, 2.05) is 12.4 Å². The van der Waals surface area contributed by atoms with Crippen molar-refractivity contribution in [3.05, 3.63) is 65.5 Å². The highest BCUT2D eigenvalue weighted by Gasteiger charge is 2.08. The molecule has 0 saturated carbocycles. The van der Waals surface area contributed by atoms with Crippen molar-refractivity contribution in [3.63, 3.8) is 0 Å². The van der Waals surface area contributed by atoms with E-state index in [0.29, 0.717) is 0 Å². The summed E-state index contributed by atoms with van der Waals surface area (Å²) in [5.41, 5.74) is 4.12. The number of benzene rings is 1. The minimum absolute atomic E-state index is 0.944. The summed E-state index contributed by atoms with van der Waals surface area (Å²) in [6, 6.07) is 12.9. The first kappa shape index (κ1) is 15.7. The Morgan fingerprint density at radius 2 is 1.67 bits per heavy atom. The predicted octanol–water partition coefficient (Wildman–Crippen LogP) is 3.21. The first-order valence-electron chi connectivity index (χ1n) is 7.72. The van der Waals surface area contributed by atoms with Crippen LogP contribution in [-0.2, 0) is 19.6 Å². The van der Waals surface area contributed by atoms with Gasteiger partial charge in [-0.15, -0.1) is 0 Å². The number of nitrogens with one attached hydrogen (secondary N) is 1. The van der Waals surface area contributed by atoms with Gasteiger partial charge in [-0.2, -0.15) is 0 Å². The molecule has 0 bridgehead atoms. The molecule has 3 heteroatoms. The van der Waals surface area contributed by atoms with Crippen LogP contribution in [0.4, 0.5) is 0 Å². The number of nitrogens with zero attached hydrogens (tertiary/aromatic N) is 2. The molecule has 2 aromatic rings. The number of pyridine rings is 1. The summed E-state index contributed by atoms with van der Waals surface area (Å²) in [5, 5.41) is 3.42. The summed E-state index contributed by atoms with van der Waals surface area (Å²) in [6.07, 6.45) is 3.73. The molecule has 0 amide bonds. The third-order valence-electron chi connectivity index (χ3n) is 3.68. The van der Waals surface area contributed by atoms with Crippen molar-refractivity contribution in [1.29, 1.82) is 0 Å². The Morgan fingerprint density at radius 1 is 0.952 bits per heavy atom. The van der Waals surface area contributed by atoms with Crippen LogP contribution in [0.3, 0.4) is 0 Å². The van der Waals surface area contributed by atoms with E-state index in [1.54, 1.807) is 0 Å². The fourth-order valence-corrected chi connectivity index (χ4v) is 2.41. The molecule has 0 saturated heterocycles. The lowest BCUT2D eigenvalue weighted by Gasteiger charge is -2.22. The molecule has 1 aromatic heterocycles. The molecule has 0 spiro atoms. The summed E-state index contributed by atoms with van der Waals surface area (Å²) in [6.45, 7) is 9.30. The molecule has 112 valence electrons. The minimum Gasteiger partial charge on any atom is -0.313 e. The van der Waals surface area contributed by atoms with Crippen LogP contribution in [0.25, 0.3) is 0 Å². The van der Waals surface area contributed by atoms with Crippen molar-refractivity contribution in [3.8, 4) is 0 Å². The maximum Gasteiger partial charge on any atom is 0.0271 e. The highest BCUT2D eigenvalue weighted by Crippen LogP contribution is 2.14. The first-order chi connectivity index (χ1) is 10.3. The molecule has 0 aliphatic heterocycles. The van der Waals surface area contributed by atoms with Gasteiger partial charge in [0.05, 0.1) is 0 Å². The first-order valence-corrected chi connectivity index (χ1v) is 7.72. The van der Waals surface area contributed by atoms with Gasteiger partial charge in [0.2, 0.25) is 0 Å². The molecular weight excluding hydrogens is 258 g/mol. The van der Waals surface area contributed by atoms with Gasteiger partial charge in [0.15, 0.2) is 0 Å². The number of hydrogen-bond acceptors (Lipinski definition) is 3. The van der Waals surface area contributed by atoms with Crippen LogP contribution in [0.1, 0.15) is 30.5 Å². The second kappa shape index (κ2) is 8.55. The summed E-state index contributed by atoms with van der Waals surface area (Å²) in [5.74, 6) is 0. The van der Waals surface area contributed by atoms with Crippen LogP contribution in [0.15, 0.2) is 48.8 Å². The fraction of sp³-hybridized carbons (Fsp3) is 0.389. The van der Waals surface area contributed by atoms with Gasteiger partial charge in [-0.1, -0.05) is 38.1 Å². The van der Waals surface area contributed by atoms with E-state index < -0.39 is 0 Å². The zero-order valence-corrected chi connectivity index (χ0v) is 13.0. The van der Waals surface area contributed by atoms with E-state index in [-0.39, 0.29) is 0 Å². The molecule has 0 atom stereocenters. The topological polar surface area (TPSA) is 28.2 Å². The number of rotatable bonds is 8. The largest absolute Gasteiger partial charge is 0.313 e. The van der Waals surface area contributed by atoms with E-state index in [4.69, 9.17) is 0 Å². The van der Waals surface area contributed by atoms with E-state index in [2.05, 4.69) is 65.4 Å². The predicted molar refractivity (Wildman–Crippen MR) is 87.8 cm³/mol. The zero-order valence-electron chi connectivity index (χ0n) is 13.0. The number of aromatic nitrogens is 1. The fourth-order valence-electron chi connectivity index (χ4n) is 2.41. The average Bonchev–Trinajstić information content (AvgIpc) is 2.54. The van der Waals surface area contributed by atoms with Gasteiger partial charge in [-0.25, -0.2) is 0 Å². The summed E-state index contributed by atoms with van der Waals surface area (Å²) in [4.78, 5) is 6.54. The van der Waals surface area contributed by atoms with Gasteiger partial charge in [-0.3, -0.25) is 9.88 Å². The molecule has 0 fully saturated rings. The molecule has 2 rings (SSSR count). The third kappa shape index (κ3) is 4.96. The van der Waals surface area contributed by atoms with Gasteiger partial charge in [0.25, 0.3) is 0 Å². The second-order valence-electron chi connectivity index (χ2n) is 5.21. The lowest BCUT2D eigenvalue weighted by Crippen LogP contribution is -2.24. The molecule has 1 N–H and O–H groups in total. The molecular formula is C18H25N3. The van der Waals surface area contributed by atoms with E-state index in [9.17, 15) is 0 Å². The lowest BCUT2D eigenvalue weighted by molar-refractivity contribution is 0.270.